The summed E-state index contributed by atoms with van der Waals surface area (Å²) in [5, 5.41) is 8.90. The van der Waals surface area contributed by atoms with Crippen molar-refractivity contribution < 1.29 is 14.3 Å². The van der Waals surface area contributed by atoms with E-state index >= 15 is 0 Å². The number of amides is 1. The highest BCUT2D eigenvalue weighted by Gasteiger charge is 2.29. The van der Waals surface area contributed by atoms with Crippen LogP contribution in [0.2, 0.25) is 0 Å². The van der Waals surface area contributed by atoms with Gasteiger partial charge in [-0.3, -0.25) is 4.79 Å². The first kappa shape index (κ1) is 21.9. The van der Waals surface area contributed by atoms with Crippen molar-refractivity contribution in [2.24, 2.45) is 0 Å². The van der Waals surface area contributed by atoms with Crippen LogP contribution in [0.25, 0.3) is 0 Å². The van der Waals surface area contributed by atoms with Crippen molar-refractivity contribution in [1.29, 1.82) is 5.26 Å². The van der Waals surface area contributed by atoms with Gasteiger partial charge in [-0.15, -0.1) is 11.8 Å². The number of carbonyl (C=O) groups is 2. The lowest BCUT2D eigenvalue weighted by Gasteiger charge is -2.38. The minimum atomic E-state index is -0.483. The Labute approximate surface area is 182 Å². The van der Waals surface area contributed by atoms with Crippen LogP contribution in [0.3, 0.4) is 0 Å². The van der Waals surface area contributed by atoms with E-state index in [1.54, 1.807) is 24.3 Å². The van der Waals surface area contributed by atoms with Crippen molar-refractivity contribution >= 4 is 23.6 Å². The second kappa shape index (κ2) is 10.3. The summed E-state index contributed by atoms with van der Waals surface area (Å²) in [7, 11) is 0. The zero-order valence-electron chi connectivity index (χ0n) is 17.3. The summed E-state index contributed by atoms with van der Waals surface area (Å²) < 4.78 is 5.38. The molecule has 1 aliphatic rings. The molecule has 1 heterocycles. The van der Waals surface area contributed by atoms with Gasteiger partial charge in [0.1, 0.15) is 0 Å². The third-order valence-corrected chi connectivity index (χ3v) is 6.54. The average molecular weight is 423 g/mol. The van der Waals surface area contributed by atoms with Crippen LogP contribution in [0, 0.1) is 11.3 Å². The van der Waals surface area contributed by atoms with E-state index in [1.807, 2.05) is 43.0 Å². The molecule has 30 heavy (non-hydrogen) atoms. The third kappa shape index (κ3) is 5.43. The Morgan fingerprint density at radius 3 is 2.43 bits per heavy atom. The van der Waals surface area contributed by atoms with Gasteiger partial charge in [-0.05, 0) is 62.9 Å². The van der Waals surface area contributed by atoms with Gasteiger partial charge in [0.15, 0.2) is 6.61 Å². The van der Waals surface area contributed by atoms with Crippen molar-refractivity contribution in [3.05, 3.63) is 65.2 Å². The minimum absolute atomic E-state index is 0.134. The molecular weight excluding hydrogens is 396 g/mol. The van der Waals surface area contributed by atoms with E-state index in [0.717, 1.165) is 29.7 Å². The highest BCUT2D eigenvalue weighted by molar-refractivity contribution is 7.98. The molecule has 6 heteroatoms. The monoisotopic (exact) mass is 422 g/mol. The predicted octanol–water partition coefficient (Wildman–Crippen LogP) is 4.80. The van der Waals surface area contributed by atoms with E-state index in [2.05, 4.69) is 6.07 Å². The van der Waals surface area contributed by atoms with Crippen LogP contribution in [0.15, 0.2) is 53.4 Å². The maximum absolute atomic E-state index is 12.7. The molecule has 2 aromatic rings. The molecule has 2 aromatic carbocycles. The van der Waals surface area contributed by atoms with Crippen molar-refractivity contribution in [1.82, 2.24) is 4.90 Å². The molecule has 156 valence electrons. The van der Waals surface area contributed by atoms with Gasteiger partial charge >= 0.3 is 5.97 Å². The Bertz CT molecular complexity index is 926. The summed E-state index contributed by atoms with van der Waals surface area (Å²) in [6.45, 7) is 3.86. The van der Waals surface area contributed by atoms with Gasteiger partial charge in [0.05, 0.1) is 17.2 Å². The molecular formula is C24H26N2O3S. The summed E-state index contributed by atoms with van der Waals surface area (Å²) in [6, 6.07) is 17.1. The molecule has 1 fully saturated rings. The largest absolute Gasteiger partial charge is 0.452 e. The second-order valence-electron chi connectivity index (χ2n) is 7.60. The molecule has 3 rings (SSSR count). The van der Waals surface area contributed by atoms with E-state index in [4.69, 9.17) is 10.00 Å². The maximum atomic E-state index is 12.7. The van der Waals surface area contributed by atoms with E-state index in [-0.39, 0.29) is 24.6 Å². The highest BCUT2D eigenvalue weighted by atomic mass is 32.2. The molecule has 1 aliphatic heterocycles. The van der Waals surface area contributed by atoms with Crippen molar-refractivity contribution in [3.63, 3.8) is 0 Å². The number of esters is 1. The maximum Gasteiger partial charge on any atom is 0.339 e. The van der Waals surface area contributed by atoms with Crippen molar-refractivity contribution in [2.75, 3.05) is 6.61 Å². The van der Waals surface area contributed by atoms with E-state index in [0.29, 0.717) is 16.9 Å². The molecule has 0 aliphatic carbocycles. The van der Waals surface area contributed by atoms with Crippen LogP contribution in [-0.4, -0.2) is 35.5 Å². The quantitative estimate of drug-likeness (QED) is 0.494. The lowest BCUT2D eigenvalue weighted by molar-refractivity contribution is -0.140. The number of nitriles is 1. The number of nitrogens with zero attached hydrogens (tertiary/aromatic N) is 2. The molecule has 1 amide bonds. The number of hydrogen-bond acceptors (Lipinski definition) is 5. The second-order valence-corrected chi connectivity index (χ2v) is 8.62. The summed E-state index contributed by atoms with van der Waals surface area (Å²) in [5.74, 6) is 0.0481. The van der Waals surface area contributed by atoms with Gasteiger partial charge in [0.2, 0.25) is 0 Å². The number of hydrogen-bond donors (Lipinski definition) is 0. The molecule has 0 saturated carbocycles. The van der Waals surface area contributed by atoms with Gasteiger partial charge in [0.25, 0.3) is 5.91 Å². The Kier molecular flexibility index (Phi) is 7.53. The summed E-state index contributed by atoms with van der Waals surface area (Å²) >= 11 is 1.53. The molecule has 0 N–H and O–H groups in total. The van der Waals surface area contributed by atoms with Crippen LogP contribution in [0.1, 0.15) is 54.6 Å². The lowest BCUT2D eigenvalue weighted by atomic mass is 9.97. The van der Waals surface area contributed by atoms with Gasteiger partial charge in [-0.1, -0.05) is 24.3 Å². The normalized spacial score (nSPS) is 18.5. The standard InChI is InChI=1S/C24H26N2O3S/c1-17-6-5-7-18(2)26(17)23(27)15-29-24(28)21-8-3-4-9-22(21)30-16-20-12-10-19(14-25)11-13-20/h3-4,8-13,17-18H,5-7,15-16H2,1-2H3/t17-,18+. The molecule has 0 bridgehead atoms. The zero-order chi connectivity index (χ0) is 21.5. The predicted molar refractivity (Wildman–Crippen MR) is 117 cm³/mol. The number of benzene rings is 2. The minimum Gasteiger partial charge on any atom is -0.452 e. The van der Waals surface area contributed by atoms with Crippen molar-refractivity contribution in [3.8, 4) is 6.07 Å². The molecule has 5 nitrogen and oxygen atoms in total. The van der Waals surface area contributed by atoms with Gasteiger partial charge in [0, 0.05) is 22.7 Å². The number of carbonyl (C=O) groups excluding carboxylic acids is 2. The number of ether oxygens (including phenoxy) is 1. The number of thioether (sulfide) groups is 1. The Hall–Kier alpha value is -2.78. The fourth-order valence-corrected chi connectivity index (χ4v) is 4.79. The molecule has 0 aromatic heterocycles. The van der Waals surface area contributed by atoms with Crippen LogP contribution in [-0.2, 0) is 15.3 Å². The Morgan fingerprint density at radius 1 is 1.10 bits per heavy atom. The molecule has 2 atom stereocenters. The van der Waals surface area contributed by atoms with Gasteiger partial charge in [-0.2, -0.15) is 5.26 Å². The topological polar surface area (TPSA) is 70.4 Å². The first-order valence-electron chi connectivity index (χ1n) is 10.2. The summed E-state index contributed by atoms with van der Waals surface area (Å²) in [6.07, 6.45) is 3.09. The van der Waals surface area contributed by atoms with Crippen LogP contribution >= 0.6 is 11.8 Å². The molecule has 1 saturated heterocycles. The van der Waals surface area contributed by atoms with Crippen molar-refractivity contribution in [2.45, 2.75) is 55.8 Å². The van der Waals surface area contributed by atoms with Gasteiger partial charge < -0.3 is 9.64 Å². The molecule has 0 spiro atoms. The van der Waals surface area contributed by atoms with E-state index in [9.17, 15) is 9.59 Å². The van der Waals surface area contributed by atoms with Crippen LogP contribution < -0.4 is 0 Å². The Morgan fingerprint density at radius 2 is 1.77 bits per heavy atom. The third-order valence-electron chi connectivity index (χ3n) is 5.39. The van der Waals surface area contributed by atoms with Crippen LogP contribution in [0.4, 0.5) is 0 Å². The van der Waals surface area contributed by atoms with E-state index in [1.165, 1.54) is 11.8 Å². The summed E-state index contributed by atoms with van der Waals surface area (Å²) in [5.41, 5.74) is 2.14. The number of likely N-dealkylation sites (tertiary alicyclic amines) is 1. The molecule has 0 radical (unpaired) electrons. The Balaban J connectivity index is 1.60. The van der Waals surface area contributed by atoms with Gasteiger partial charge in [-0.25, -0.2) is 4.79 Å². The average Bonchev–Trinajstić information content (AvgIpc) is 2.76. The first-order chi connectivity index (χ1) is 14.5. The highest BCUT2D eigenvalue weighted by Crippen LogP contribution is 2.27. The fourth-order valence-electron chi connectivity index (χ4n) is 3.79. The number of piperidine rings is 1. The zero-order valence-corrected chi connectivity index (χ0v) is 18.2. The smallest absolute Gasteiger partial charge is 0.339 e. The summed E-state index contributed by atoms with van der Waals surface area (Å²) in [4.78, 5) is 27.9. The van der Waals surface area contributed by atoms with E-state index < -0.39 is 5.97 Å². The van der Waals surface area contributed by atoms with Crippen LogP contribution in [0.5, 0.6) is 0 Å². The lowest BCUT2D eigenvalue weighted by Crippen LogP contribution is -2.49. The first-order valence-corrected chi connectivity index (χ1v) is 11.2. The fraction of sp³-hybridized carbons (Fsp3) is 0.375. The number of rotatable bonds is 6. The SMILES string of the molecule is C[C@@H]1CCC[C@H](C)N1C(=O)COC(=O)c1ccccc1SCc1ccc(C#N)cc1. The molecule has 0 unspecified atom stereocenters.